The molecule has 2 N–H and O–H groups in total. The van der Waals surface area contributed by atoms with Crippen LogP contribution in [-0.2, 0) is 6.54 Å². The van der Waals surface area contributed by atoms with E-state index in [1.54, 1.807) is 12.1 Å². The average molecular weight is 554 g/mol. The molecule has 0 amide bonds. The highest BCUT2D eigenvalue weighted by Gasteiger charge is 2.16. The number of fused-ring (bicyclic) bond motifs is 1. The number of rotatable bonds is 9. The molecule has 1 aromatic heterocycles. The van der Waals surface area contributed by atoms with Crippen LogP contribution in [0.25, 0.3) is 22.0 Å². The van der Waals surface area contributed by atoms with Crippen molar-refractivity contribution >= 4 is 46.9 Å². The molecule has 0 aliphatic carbocycles. The zero-order chi connectivity index (χ0) is 24.7. The van der Waals surface area contributed by atoms with Crippen LogP contribution in [0, 0.1) is 0 Å². The van der Waals surface area contributed by atoms with Crippen molar-refractivity contribution in [1.82, 2.24) is 9.47 Å². The number of phenolic OH excluding ortho intramolecular Hbond substituents is 1. The van der Waals surface area contributed by atoms with Crippen molar-refractivity contribution in [3.63, 3.8) is 0 Å². The van der Waals surface area contributed by atoms with Gasteiger partial charge in [0.05, 0.1) is 0 Å². The van der Waals surface area contributed by atoms with Gasteiger partial charge in [-0.15, -0.1) is 24.8 Å². The quantitative estimate of drug-likeness (QED) is 0.212. The summed E-state index contributed by atoms with van der Waals surface area (Å²) in [6.45, 7) is 4.71. The third-order valence-corrected chi connectivity index (χ3v) is 7.33. The van der Waals surface area contributed by atoms with E-state index >= 15 is 0 Å². The maximum Gasteiger partial charge on any atom is 0.115 e. The topological polar surface area (TPSA) is 48.6 Å². The fraction of sp³-hybridized carbons (Fsp3) is 0.312. The maximum absolute atomic E-state index is 9.94. The van der Waals surface area contributed by atoms with E-state index in [0.717, 1.165) is 41.8 Å². The molecule has 4 nitrogen and oxygen atoms in total. The molecule has 0 saturated carbocycles. The van der Waals surface area contributed by atoms with Crippen molar-refractivity contribution < 1.29 is 10.2 Å². The first-order valence-corrected chi connectivity index (χ1v) is 13.2. The lowest BCUT2D eigenvalue weighted by Gasteiger charge is -2.26. The summed E-state index contributed by atoms with van der Waals surface area (Å²) in [5.74, 6) is 0.260. The summed E-state index contributed by atoms with van der Waals surface area (Å²) in [5, 5.41) is 20.8. The molecule has 2 heterocycles. The minimum absolute atomic E-state index is 0. The third-order valence-electron chi connectivity index (χ3n) is 7.33. The number of hydrogen-bond acceptors (Lipinski definition) is 3. The first-order valence-electron chi connectivity index (χ1n) is 13.2. The largest absolute Gasteiger partial charge is 0.508 e. The summed E-state index contributed by atoms with van der Waals surface area (Å²) < 4.78 is 2.38. The van der Waals surface area contributed by atoms with Crippen LogP contribution in [0.4, 0.5) is 0 Å². The minimum Gasteiger partial charge on any atom is -0.508 e. The van der Waals surface area contributed by atoms with Crippen molar-refractivity contribution in [1.29, 1.82) is 0 Å². The molecule has 1 aliphatic rings. The number of phenols is 1. The van der Waals surface area contributed by atoms with E-state index in [0.29, 0.717) is 6.42 Å². The van der Waals surface area contributed by atoms with E-state index in [2.05, 4.69) is 64.2 Å². The molecule has 6 heteroatoms. The van der Waals surface area contributed by atoms with Gasteiger partial charge in [0.1, 0.15) is 5.75 Å². The van der Waals surface area contributed by atoms with Gasteiger partial charge in [-0.25, -0.2) is 0 Å². The predicted molar refractivity (Wildman–Crippen MR) is 164 cm³/mol. The van der Waals surface area contributed by atoms with Gasteiger partial charge in [0.2, 0.25) is 0 Å². The maximum atomic E-state index is 9.94. The second-order valence-electron chi connectivity index (χ2n) is 9.78. The Labute approximate surface area is 238 Å². The summed E-state index contributed by atoms with van der Waals surface area (Å²) in [6.07, 6.45) is 7.69. The number of nitrogens with zero attached hydrogens (tertiary/aromatic N) is 2. The molecule has 4 aromatic rings. The lowest BCUT2D eigenvalue weighted by atomic mass is 9.87. The highest BCUT2D eigenvalue weighted by atomic mass is 35.5. The van der Waals surface area contributed by atoms with Crippen LogP contribution in [-0.4, -0.2) is 45.9 Å². The molecule has 5 rings (SSSR count). The van der Waals surface area contributed by atoms with Crippen LogP contribution >= 0.6 is 24.8 Å². The van der Waals surface area contributed by atoms with Crippen LogP contribution < -0.4 is 0 Å². The smallest absolute Gasteiger partial charge is 0.115 e. The molecule has 3 aromatic carbocycles. The fourth-order valence-electron chi connectivity index (χ4n) is 5.43. The number of hydrogen-bond donors (Lipinski definition) is 2. The standard InChI is InChI=1S/C32H36N2O2.2ClH/c35-23-7-10-30(25-8-3-1-4-9-25)32(26-11-14-29(36)15-12-26)28-13-16-31-27(24-28)17-20-34(31)22-21-33-18-5-2-6-19-33;;/h1,3-4,8-9,11-17,20,24,35-36H,2,5-7,10,18-19,21-23H2;2*1H/b32-30-;;. The number of likely N-dealkylation sites (tertiary alicyclic amines) is 1. The summed E-state index contributed by atoms with van der Waals surface area (Å²) in [6, 6.07) is 26.9. The number of aromatic nitrogens is 1. The highest BCUT2D eigenvalue weighted by molar-refractivity contribution is 6.00. The van der Waals surface area contributed by atoms with Gasteiger partial charge in [0, 0.05) is 36.8 Å². The zero-order valence-corrected chi connectivity index (χ0v) is 23.4. The summed E-state index contributed by atoms with van der Waals surface area (Å²) >= 11 is 0. The van der Waals surface area contributed by atoms with Gasteiger partial charge in [-0.2, -0.15) is 0 Å². The van der Waals surface area contributed by atoms with Crippen LogP contribution in [0.15, 0.2) is 85.1 Å². The van der Waals surface area contributed by atoms with Crippen molar-refractivity contribution in [3.8, 4) is 5.75 Å². The van der Waals surface area contributed by atoms with Gasteiger partial charge in [-0.05, 0) is 96.9 Å². The van der Waals surface area contributed by atoms with E-state index < -0.39 is 0 Å². The number of aromatic hydroxyl groups is 1. The number of aliphatic hydroxyl groups excluding tert-OH is 1. The molecule has 1 aliphatic heterocycles. The molecule has 0 bridgehead atoms. The first-order chi connectivity index (χ1) is 17.7. The molecular formula is C32H38Cl2N2O2. The number of benzene rings is 3. The second-order valence-corrected chi connectivity index (χ2v) is 9.78. The summed E-state index contributed by atoms with van der Waals surface area (Å²) in [4.78, 5) is 2.59. The van der Waals surface area contributed by atoms with Gasteiger partial charge < -0.3 is 19.7 Å². The molecule has 202 valence electrons. The minimum atomic E-state index is 0. The molecule has 0 radical (unpaired) electrons. The summed E-state index contributed by atoms with van der Waals surface area (Å²) in [5.41, 5.74) is 7.00. The monoisotopic (exact) mass is 552 g/mol. The zero-order valence-electron chi connectivity index (χ0n) is 21.8. The van der Waals surface area contributed by atoms with Gasteiger partial charge in [-0.3, -0.25) is 0 Å². The summed E-state index contributed by atoms with van der Waals surface area (Å²) in [7, 11) is 0. The molecule has 1 fully saturated rings. The van der Waals surface area contributed by atoms with Crippen LogP contribution in [0.3, 0.4) is 0 Å². The van der Waals surface area contributed by atoms with Crippen LogP contribution in [0.1, 0.15) is 48.8 Å². The van der Waals surface area contributed by atoms with Crippen LogP contribution in [0.2, 0.25) is 0 Å². The van der Waals surface area contributed by atoms with Crippen LogP contribution in [0.5, 0.6) is 5.75 Å². The SMILES string of the molecule is Cl.Cl.OCCC/C(=C(\c1ccc(O)cc1)c1ccc2c(ccn2CCN2CCCCC2)c1)c1ccccc1. The predicted octanol–water partition coefficient (Wildman–Crippen LogP) is 7.41. The van der Waals surface area contributed by atoms with E-state index in [9.17, 15) is 10.2 Å². The van der Waals surface area contributed by atoms with Gasteiger partial charge in [-0.1, -0.05) is 55.0 Å². The van der Waals surface area contributed by atoms with Crippen molar-refractivity contribution in [2.45, 2.75) is 38.6 Å². The van der Waals surface area contributed by atoms with Gasteiger partial charge in [0.15, 0.2) is 0 Å². The Kier molecular flexibility index (Phi) is 11.3. The van der Waals surface area contributed by atoms with Gasteiger partial charge >= 0.3 is 0 Å². The number of aliphatic hydroxyl groups is 1. The van der Waals surface area contributed by atoms with E-state index in [1.165, 1.54) is 48.8 Å². The molecule has 1 saturated heterocycles. The molecule has 0 spiro atoms. The molecule has 0 atom stereocenters. The molecule has 0 unspecified atom stereocenters. The lowest BCUT2D eigenvalue weighted by Crippen LogP contribution is -2.32. The highest BCUT2D eigenvalue weighted by Crippen LogP contribution is 2.37. The second kappa shape index (κ2) is 14.4. The average Bonchev–Trinajstić information content (AvgIpc) is 3.34. The Balaban J connectivity index is 0.00000200. The van der Waals surface area contributed by atoms with Gasteiger partial charge in [0.25, 0.3) is 0 Å². The van der Waals surface area contributed by atoms with Crippen molar-refractivity contribution in [2.75, 3.05) is 26.2 Å². The lowest BCUT2D eigenvalue weighted by molar-refractivity contribution is 0.221. The fourth-order valence-corrected chi connectivity index (χ4v) is 5.43. The Hall–Kier alpha value is -2.76. The van der Waals surface area contributed by atoms with Crippen molar-refractivity contribution in [3.05, 3.63) is 102 Å². The van der Waals surface area contributed by atoms with Crippen molar-refractivity contribution in [2.24, 2.45) is 0 Å². The Morgan fingerprint density at radius 2 is 1.45 bits per heavy atom. The first kappa shape index (κ1) is 29.8. The van der Waals surface area contributed by atoms with E-state index in [1.807, 2.05) is 18.2 Å². The third kappa shape index (κ3) is 7.00. The molecule has 38 heavy (non-hydrogen) atoms. The molecular weight excluding hydrogens is 515 g/mol. The Bertz CT molecular complexity index is 1310. The number of allylic oxidation sites excluding steroid dienone is 1. The Morgan fingerprint density at radius 3 is 2.16 bits per heavy atom. The normalized spacial score (nSPS) is 14.4. The number of halogens is 2. The number of piperidine rings is 1. The Morgan fingerprint density at radius 1 is 0.737 bits per heavy atom. The van der Waals surface area contributed by atoms with E-state index in [-0.39, 0.29) is 37.2 Å². The van der Waals surface area contributed by atoms with E-state index in [4.69, 9.17) is 0 Å².